The molecule has 0 aliphatic rings. The molecule has 0 spiro atoms. The van der Waals surface area contributed by atoms with E-state index in [2.05, 4.69) is 51.1 Å². The number of ether oxygens (including phenoxy) is 2. The van der Waals surface area contributed by atoms with E-state index >= 15 is 0 Å². The highest BCUT2D eigenvalue weighted by Crippen LogP contribution is 2.34. The van der Waals surface area contributed by atoms with E-state index in [9.17, 15) is 4.79 Å². The van der Waals surface area contributed by atoms with Gasteiger partial charge in [0, 0.05) is 29.6 Å². The number of thioether (sulfide) groups is 1. The number of hydrogen-bond donors (Lipinski definition) is 0. The molecule has 0 fully saturated rings. The van der Waals surface area contributed by atoms with E-state index in [4.69, 9.17) is 9.47 Å². The van der Waals surface area contributed by atoms with Crippen molar-refractivity contribution in [3.05, 3.63) is 42.2 Å². The Morgan fingerprint density at radius 1 is 1.11 bits per heavy atom. The number of carbonyl (C=O) groups is 1. The van der Waals surface area contributed by atoms with Crippen molar-refractivity contribution in [2.45, 2.75) is 69.9 Å². The lowest BCUT2D eigenvalue weighted by atomic mass is 9.92. The largest absolute Gasteiger partial charge is 0.502 e. The maximum absolute atomic E-state index is 12.4. The van der Waals surface area contributed by atoms with Crippen LogP contribution in [0.15, 0.2) is 41.5 Å². The lowest BCUT2D eigenvalue weighted by Gasteiger charge is -2.24. The Morgan fingerprint density at radius 3 is 2.48 bits per heavy atom. The Balaban J connectivity index is 2.83. The molecule has 4 heteroatoms. The third-order valence-electron chi connectivity index (χ3n) is 4.32. The number of ketones is 1. The molecule has 0 amide bonds. The summed E-state index contributed by atoms with van der Waals surface area (Å²) in [5.74, 6) is 0.594. The Morgan fingerprint density at radius 2 is 1.85 bits per heavy atom. The Labute approximate surface area is 169 Å². The molecule has 1 aromatic rings. The highest BCUT2D eigenvalue weighted by Gasteiger charge is 2.23. The first-order chi connectivity index (χ1) is 13.1. The molecule has 1 rings (SSSR count). The van der Waals surface area contributed by atoms with Crippen molar-refractivity contribution >= 4 is 17.5 Å². The summed E-state index contributed by atoms with van der Waals surface area (Å²) < 4.78 is 10.9. The third kappa shape index (κ3) is 10.6. The number of hydrogen-bond acceptors (Lipinski definition) is 4. The zero-order valence-electron chi connectivity index (χ0n) is 17.4. The minimum atomic E-state index is 0.223. The van der Waals surface area contributed by atoms with Crippen LogP contribution in [0.3, 0.4) is 0 Å². The monoisotopic (exact) mass is 392 g/mol. The fraction of sp³-hybridized carbons (Fsp3) is 0.609. The van der Waals surface area contributed by atoms with Crippen LogP contribution < -0.4 is 0 Å². The molecule has 0 aromatic heterocycles. The number of Topliss-reactive ketones (excluding diaryl/α,β-unsaturated/α-hetero) is 1. The van der Waals surface area contributed by atoms with Gasteiger partial charge in [-0.25, -0.2) is 0 Å². The zero-order valence-corrected chi connectivity index (χ0v) is 18.2. The van der Waals surface area contributed by atoms with Crippen LogP contribution in [0.1, 0.15) is 58.4 Å². The van der Waals surface area contributed by atoms with Crippen LogP contribution >= 0.6 is 11.8 Å². The van der Waals surface area contributed by atoms with Crippen LogP contribution in [0.25, 0.3) is 0 Å². The third-order valence-corrected chi connectivity index (χ3v) is 5.68. The smallest absolute Gasteiger partial charge is 0.135 e. The zero-order chi connectivity index (χ0) is 19.9. The Kier molecular flexibility index (Phi) is 13.0. The summed E-state index contributed by atoms with van der Waals surface area (Å²) in [4.78, 5) is 13.7. The molecule has 0 aliphatic carbocycles. The molecule has 152 valence electrons. The van der Waals surface area contributed by atoms with Crippen molar-refractivity contribution in [2.75, 3.05) is 19.8 Å². The fourth-order valence-corrected chi connectivity index (χ4v) is 4.04. The molecule has 2 atom stereocenters. The van der Waals surface area contributed by atoms with E-state index in [-0.39, 0.29) is 5.25 Å². The molecule has 27 heavy (non-hydrogen) atoms. The number of carbonyl (C=O) groups excluding carboxylic acids is 1. The average molecular weight is 393 g/mol. The van der Waals surface area contributed by atoms with Gasteiger partial charge in [-0.15, -0.1) is 11.8 Å². The normalized spacial score (nSPS) is 13.6. The number of benzene rings is 1. The molecule has 0 bridgehead atoms. The average Bonchev–Trinajstić information content (AvgIpc) is 2.66. The van der Waals surface area contributed by atoms with Crippen molar-refractivity contribution in [2.24, 2.45) is 5.92 Å². The molecule has 1 aromatic carbocycles. The summed E-state index contributed by atoms with van der Waals surface area (Å²) in [6.07, 6.45) is 8.15. The molecule has 0 saturated carbocycles. The highest BCUT2D eigenvalue weighted by atomic mass is 32.2. The molecule has 0 saturated heterocycles. The van der Waals surface area contributed by atoms with Gasteiger partial charge in [0.25, 0.3) is 0 Å². The van der Waals surface area contributed by atoms with E-state index in [0.29, 0.717) is 37.8 Å². The second kappa shape index (κ2) is 14.8. The minimum absolute atomic E-state index is 0.223. The highest BCUT2D eigenvalue weighted by molar-refractivity contribution is 8.00. The molecule has 3 nitrogen and oxygen atoms in total. The maximum atomic E-state index is 12.4. The van der Waals surface area contributed by atoms with Gasteiger partial charge < -0.3 is 9.47 Å². The number of aryl methyl sites for hydroxylation is 1. The lowest BCUT2D eigenvalue weighted by Crippen LogP contribution is -2.20. The van der Waals surface area contributed by atoms with Crippen LogP contribution in [0.5, 0.6) is 0 Å². The first-order valence-corrected chi connectivity index (χ1v) is 11.1. The Hall–Kier alpha value is -1.26. The summed E-state index contributed by atoms with van der Waals surface area (Å²) in [7, 11) is 0. The molecule has 0 radical (unpaired) electrons. The van der Waals surface area contributed by atoms with E-state index in [0.717, 1.165) is 25.9 Å². The summed E-state index contributed by atoms with van der Waals surface area (Å²) in [5.41, 5.74) is 1.26. The molecule has 2 unspecified atom stereocenters. The van der Waals surface area contributed by atoms with Gasteiger partial charge >= 0.3 is 0 Å². The molecular weight excluding hydrogens is 356 g/mol. The fourth-order valence-electron chi connectivity index (χ4n) is 2.86. The second-order valence-electron chi connectivity index (χ2n) is 6.83. The SMILES string of the molecule is CCCOC=CC(Sc1ccc(C)cc1)C(CCC)CC(=O)CCOCC. The quantitative estimate of drug-likeness (QED) is 0.202. The maximum Gasteiger partial charge on any atom is 0.135 e. The van der Waals surface area contributed by atoms with Crippen molar-refractivity contribution in [3.8, 4) is 0 Å². The van der Waals surface area contributed by atoms with Gasteiger partial charge in [0.05, 0.1) is 19.5 Å². The lowest BCUT2D eigenvalue weighted by molar-refractivity contribution is -0.121. The van der Waals surface area contributed by atoms with E-state index in [1.54, 1.807) is 0 Å². The Bertz CT molecular complexity index is 539. The van der Waals surface area contributed by atoms with Crippen LogP contribution in [0.2, 0.25) is 0 Å². The van der Waals surface area contributed by atoms with Crippen LogP contribution in [-0.2, 0) is 14.3 Å². The second-order valence-corrected chi connectivity index (χ2v) is 8.08. The van der Waals surface area contributed by atoms with Gasteiger partial charge in [0.2, 0.25) is 0 Å². The molecule has 0 N–H and O–H groups in total. The van der Waals surface area contributed by atoms with E-state index in [1.807, 2.05) is 24.9 Å². The van der Waals surface area contributed by atoms with Gasteiger partial charge in [-0.3, -0.25) is 4.79 Å². The van der Waals surface area contributed by atoms with Crippen molar-refractivity contribution in [3.63, 3.8) is 0 Å². The van der Waals surface area contributed by atoms with Crippen molar-refractivity contribution < 1.29 is 14.3 Å². The predicted molar refractivity (Wildman–Crippen MR) is 115 cm³/mol. The van der Waals surface area contributed by atoms with Gasteiger partial charge in [-0.1, -0.05) is 38.0 Å². The van der Waals surface area contributed by atoms with E-state index < -0.39 is 0 Å². The number of rotatable bonds is 15. The topological polar surface area (TPSA) is 35.5 Å². The first kappa shape index (κ1) is 23.8. The van der Waals surface area contributed by atoms with Crippen molar-refractivity contribution in [1.82, 2.24) is 0 Å². The molecular formula is C23H36O3S. The van der Waals surface area contributed by atoms with Crippen LogP contribution in [0, 0.1) is 12.8 Å². The van der Waals surface area contributed by atoms with Gasteiger partial charge in [0.15, 0.2) is 0 Å². The summed E-state index contributed by atoms with van der Waals surface area (Å²) in [6.45, 7) is 10.3. The minimum Gasteiger partial charge on any atom is -0.502 e. The van der Waals surface area contributed by atoms with Crippen LogP contribution in [0.4, 0.5) is 0 Å². The molecule has 0 heterocycles. The van der Waals surface area contributed by atoms with Crippen molar-refractivity contribution in [1.29, 1.82) is 0 Å². The first-order valence-electron chi connectivity index (χ1n) is 10.2. The van der Waals surface area contributed by atoms with E-state index in [1.165, 1.54) is 10.5 Å². The summed E-state index contributed by atoms with van der Waals surface area (Å²) in [5, 5.41) is 0.223. The summed E-state index contributed by atoms with van der Waals surface area (Å²) >= 11 is 1.82. The molecule has 0 aliphatic heterocycles. The standard InChI is InChI=1S/C23H36O3S/c1-5-8-20(18-21(24)13-16-25-7-3)23(14-17-26-15-6-2)27-22-11-9-19(4)10-12-22/h9-12,14,17,20,23H,5-8,13,15-16,18H2,1-4H3. The van der Waals surface area contributed by atoms with Gasteiger partial charge in [-0.2, -0.15) is 0 Å². The van der Waals surface area contributed by atoms with Gasteiger partial charge in [0.1, 0.15) is 5.78 Å². The summed E-state index contributed by atoms with van der Waals surface area (Å²) in [6, 6.07) is 8.60. The predicted octanol–water partition coefficient (Wildman–Crippen LogP) is 6.20. The van der Waals surface area contributed by atoms with Gasteiger partial charge in [-0.05, 0) is 50.8 Å². The van der Waals surface area contributed by atoms with Crippen LogP contribution in [-0.4, -0.2) is 30.9 Å².